The van der Waals surface area contributed by atoms with Gasteiger partial charge in [-0.15, -0.1) is 0 Å². The second-order valence-corrected chi connectivity index (χ2v) is 4.61. The summed E-state index contributed by atoms with van der Waals surface area (Å²) < 4.78 is 0. The maximum Gasteiger partial charge on any atom is 0.137 e. The predicted molar refractivity (Wildman–Crippen MR) is 65.5 cm³/mol. The average Bonchev–Trinajstić information content (AvgIpc) is 2.25. The Hall–Kier alpha value is -1.15. The fourth-order valence-electron chi connectivity index (χ4n) is 2.01. The minimum Gasteiger partial charge on any atom is -0.316 e. The summed E-state index contributed by atoms with van der Waals surface area (Å²) in [6, 6.07) is 8.40. The lowest BCUT2D eigenvalue weighted by Crippen LogP contribution is -2.43. The molecule has 0 aromatic heterocycles. The zero-order valence-electron chi connectivity index (χ0n) is 9.83. The molecule has 2 rings (SSSR count). The van der Waals surface area contributed by atoms with Crippen molar-refractivity contribution in [1.82, 2.24) is 5.32 Å². The van der Waals surface area contributed by atoms with E-state index in [1.807, 2.05) is 0 Å². The van der Waals surface area contributed by atoms with Gasteiger partial charge >= 0.3 is 0 Å². The Balaban J connectivity index is 1.84. The molecule has 1 aliphatic rings. The van der Waals surface area contributed by atoms with Crippen molar-refractivity contribution in [3.63, 3.8) is 0 Å². The molecule has 16 heavy (non-hydrogen) atoms. The largest absolute Gasteiger partial charge is 0.316 e. The number of carbonyl (C=O) groups excluding carboxylic acids is 1. The Morgan fingerprint density at radius 2 is 1.88 bits per heavy atom. The van der Waals surface area contributed by atoms with E-state index in [1.54, 1.807) is 0 Å². The Morgan fingerprint density at radius 1 is 1.25 bits per heavy atom. The molecule has 0 saturated carbocycles. The number of benzene rings is 1. The summed E-state index contributed by atoms with van der Waals surface area (Å²) in [4.78, 5) is 11.7. The third-order valence-electron chi connectivity index (χ3n) is 3.21. The number of ketones is 1. The van der Waals surface area contributed by atoms with E-state index in [4.69, 9.17) is 0 Å². The van der Waals surface area contributed by atoms with Crippen LogP contribution in [0.3, 0.4) is 0 Å². The second-order valence-electron chi connectivity index (χ2n) is 4.61. The van der Waals surface area contributed by atoms with Gasteiger partial charge in [-0.1, -0.05) is 31.2 Å². The van der Waals surface area contributed by atoms with Crippen LogP contribution in [0.4, 0.5) is 0 Å². The van der Waals surface area contributed by atoms with Crippen LogP contribution in [0.25, 0.3) is 0 Å². The normalized spacial score (nSPS) is 15.8. The van der Waals surface area contributed by atoms with Crippen molar-refractivity contribution < 1.29 is 4.79 Å². The summed E-state index contributed by atoms with van der Waals surface area (Å²) in [7, 11) is 0. The van der Waals surface area contributed by atoms with E-state index in [0.717, 1.165) is 31.5 Å². The highest BCUT2D eigenvalue weighted by atomic mass is 16.1. The topological polar surface area (TPSA) is 29.1 Å². The third-order valence-corrected chi connectivity index (χ3v) is 3.21. The number of Topliss-reactive ketones (excluding diaryl/α,β-unsaturated/α-hetero) is 1. The van der Waals surface area contributed by atoms with Gasteiger partial charge in [0, 0.05) is 12.8 Å². The highest BCUT2D eigenvalue weighted by Crippen LogP contribution is 2.12. The van der Waals surface area contributed by atoms with Crippen molar-refractivity contribution in [3.8, 4) is 0 Å². The Labute approximate surface area is 97.1 Å². The third kappa shape index (κ3) is 2.92. The summed E-state index contributed by atoms with van der Waals surface area (Å²) in [6.45, 7) is 4.17. The van der Waals surface area contributed by atoms with Crippen molar-refractivity contribution >= 4 is 5.78 Å². The molecule has 1 aromatic rings. The molecule has 1 saturated heterocycles. The Morgan fingerprint density at radius 3 is 2.38 bits per heavy atom. The summed E-state index contributed by atoms with van der Waals surface area (Å²) in [5, 5.41) is 3.19. The second kappa shape index (κ2) is 5.26. The van der Waals surface area contributed by atoms with Gasteiger partial charge in [-0.05, 0) is 36.6 Å². The van der Waals surface area contributed by atoms with Crippen molar-refractivity contribution in [2.45, 2.75) is 26.2 Å². The van der Waals surface area contributed by atoms with Crippen molar-refractivity contribution in [2.75, 3.05) is 13.1 Å². The van der Waals surface area contributed by atoms with E-state index in [0.29, 0.717) is 18.1 Å². The molecule has 1 fully saturated rings. The van der Waals surface area contributed by atoms with Gasteiger partial charge in [0.1, 0.15) is 5.78 Å². The molecule has 0 atom stereocenters. The zero-order valence-corrected chi connectivity index (χ0v) is 9.83. The lowest BCUT2D eigenvalue weighted by Gasteiger charge is -2.26. The lowest BCUT2D eigenvalue weighted by atomic mass is 9.94. The summed E-state index contributed by atoms with van der Waals surface area (Å²) in [5.41, 5.74) is 2.48. The zero-order chi connectivity index (χ0) is 11.4. The maximum atomic E-state index is 11.7. The van der Waals surface area contributed by atoms with Gasteiger partial charge in [-0.2, -0.15) is 0 Å². The highest BCUT2D eigenvalue weighted by molar-refractivity contribution is 5.81. The Bertz CT molecular complexity index is 352. The van der Waals surface area contributed by atoms with Crippen molar-refractivity contribution in [1.29, 1.82) is 0 Å². The fraction of sp³-hybridized carbons (Fsp3) is 0.500. The molecule has 0 radical (unpaired) electrons. The first-order valence-corrected chi connectivity index (χ1v) is 6.08. The lowest BCUT2D eigenvalue weighted by molar-refractivity contribution is -0.119. The SMILES string of the molecule is CCc1ccc(CC(=O)CC2CNC2)cc1. The molecule has 1 N–H and O–H groups in total. The van der Waals surface area contributed by atoms with Gasteiger partial charge in [-0.3, -0.25) is 4.79 Å². The number of carbonyl (C=O) groups is 1. The number of hydrogen-bond acceptors (Lipinski definition) is 2. The number of rotatable bonds is 5. The molecular formula is C14H19NO. The molecule has 1 aliphatic heterocycles. The van der Waals surface area contributed by atoms with E-state index < -0.39 is 0 Å². The first-order chi connectivity index (χ1) is 7.78. The smallest absolute Gasteiger partial charge is 0.137 e. The molecule has 2 nitrogen and oxygen atoms in total. The number of aryl methyl sites for hydroxylation is 1. The van der Waals surface area contributed by atoms with Crippen LogP contribution >= 0.6 is 0 Å². The molecule has 2 heteroatoms. The van der Waals surface area contributed by atoms with Gasteiger partial charge in [0.15, 0.2) is 0 Å². The van der Waals surface area contributed by atoms with E-state index >= 15 is 0 Å². The predicted octanol–water partition coefficient (Wildman–Crippen LogP) is 1.97. The number of hydrogen-bond donors (Lipinski definition) is 1. The summed E-state index contributed by atoms with van der Waals surface area (Å²) in [6.07, 6.45) is 2.39. The van der Waals surface area contributed by atoms with Gasteiger partial charge < -0.3 is 5.32 Å². The molecular weight excluding hydrogens is 198 g/mol. The quantitative estimate of drug-likeness (QED) is 0.817. The van der Waals surface area contributed by atoms with Crippen LogP contribution in [0.5, 0.6) is 0 Å². The van der Waals surface area contributed by atoms with Crippen LogP contribution in [0, 0.1) is 5.92 Å². The maximum absolute atomic E-state index is 11.7. The molecule has 0 spiro atoms. The van der Waals surface area contributed by atoms with E-state index in [9.17, 15) is 4.79 Å². The van der Waals surface area contributed by atoms with Crippen LogP contribution in [-0.4, -0.2) is 18.9 Å². The van der Waals surface area contributed by atoms with E-state index in [1.165, 1.54) is 5.56 Å². The van der Waals surface area contributed by atoms with Crippen LogP contribution in [0.2, 0.25) is 0 Å². The van der Waals surface area contributed by atoms with Gasteiger partial charge in [0.05, 0.1) is 0 Å². The first-order valence-electron chi connectivity index (χ1n) is 6.08. The summed E-state index contributed by atoms with van der Waals surface area (Å²) >= 11 is 0. The minimum atomic E-state index is 0.371. The van der Waals surface area contributed by atoms with Crippen molar-refractivity contribution in [2.24, 2.45) is 5.92 Å². The summed E-state index contributed by atoms with van der Waals surface area (Å²) in [5.74, 6) is 0.957. The molecule has 86 valence electrons. The molecule has 0 amide bonds. The van der Waals surface area contributed by atoms with Crippen LogP contribution in [-0.2, 0) is 17.6 Å². The average molecular weight is 217 g/mol. The van der Waals surface area contributed by atoms with Crippen molar-refractivity contribution in [3.05, 3.63) is 35.4 Å². The van der Waals surface area contributed by atoms with Gasteiger partial charge in [-0.25, -0.2) is 0 Å². The molecule has 1 aromatic carbocycles. The van der Waals surface area contributed by atoms with E-state index in [-0.39, 0.29) is 0 Å². The highest BCUT2D eigenvalue weighted by Gasteiger charge is 2.19. The monoisotopic (exact) mass is 217 g/mol. The van der Waals surface area contributed by atoms with Crippen LogP contribution in [0.15, 0.2) is 24.3 Å². The standard InChI is InChI=1S/C14H19NO/c1-2-11-3-5-12(6-4-11)7-14(16)8-13-9-15-10-13/h3-6,13,15H,2,7-10H2,1H3. The number of nitrogens with one attached hydrogen (secondary N) is 1. The molecule has 0 bridgehead atoms. The first kappa shape index (κ1) is 11.3. The van der Waals surface area contributed by atoms with E-state index in [2.05, 4.69) is 36.5 Å². The molecule has 1 heterocycles. The fourth-order valence-corrected chi connectivity index (χ4v) is 2.01. The Kier molecular flexibility index (Phi) is 3.73. The van der Waals surface area contributed by atoms with Gasteiger partial charge in [0.25, 0.3) is 0 Å². The van der Waals surface area contributed by atoms with Gasteiger partial charge in [0.2, 0.25) is 0 Å². The molecule has 0 unspecified atom stereocenters. The minimum absolute atomic E-state index is 0.371. The van der Waals surface area contributed by atoms with Crippen LogP contribution in [0.1, 0.15) is 24.5 Å². The van der Waals surface area contributed by atoms with Crippen LogP contribution < -0.4 is 5.32 Å². The molecule has 0 aliphatic carbocycles.